The Balaban J connectivity index is 3.26. The van der Waals surface area contributed by atoms with E-state index in [1.165, 1.54) is 12.3 Å². The number of aromatic nitrogens is 1. The molecule has 1 heterocycles. The summed E-state index contributed by atoms with van der Waals surface area (Å²) in [5, 5.41) is 0.293. The molecule has 0 aromatic carbocycles. The van der Waals surface area contributed by atoms with Crippen molar-refractivity contribution in [2.24, 2.45) is 0 Å². The van der Waals surface area contributed by atoms with Crippen molar-refractivity contribution in [1.29, 1.82) is 0 Å². The molecule has 1 aromatic rings. The van der Waals surface area contributed by atoms with Crippen LogP contribution >= 0.6 is 27.5 Å². The average Bonchev–Trinajstić information content (AvgIpc) is 1.94. The van der Waals surface area contributed by atoms with E-state index in [1.54, 1.807) is 0 Å². The largest absolute Gasteiger partial charge is 0.246 e. The van der Waals surface area contributed by atoms with Crippen molar-refractivity contribution in [2.45, 2.75) is 4.90 Å². The lowest BCUT2D eigenvalue weighted by atomic mass is 10.5. The van der Waals surface area contributed by atoms with Crippen LogP contribution in [-0.4, -0.2) is 13.4 Å². The lowest BCUT2D eigenvalue weighted by Gasteiger charge is -1.93. The summed E-state index contributed by atoms with van der Waals surface area (Å²) in [7, 11) is -2.59. The van der Waals surface area contributed by atoms with E-state index in [9.17, 15) is 8.42 Å². The van der Waals surface area contributed by atoms with Crippen molar-refractivity contribution in [3.63, 3.8) is 0 Å². The molecule has 0 bridgehead atoms. The molecule has 3 nitrogen and oxygen atoms in total. The van der Waals surface area contributed by atoms with E-state index in [0.717, 1.165) is 0 Å². The molecule has 0 aliphatic carbocycles. The van der Waals surface area contributed by atoms with Gasteiger partial charge in [0.05, 0.1) is 9.92 Å². The fraction of sp³-hybridized carbons (Fsp3) is 0. The van der Waals surface area contributed by atoms with Crippen LogP contribution in [-0.2, 0) is 10.7 Å². The van der Waals surface area contributed by atoms with Gasteiger partial charge in [0.1, 0.15) is 4.60 Å². The molecule has 0 fully saturated rings. The van der Waals surface area contributed by atoms with Gasteiger partial charge < -0.3 is 0 Å². The van der Waals surface area contributed by atoms with Crippen molar-refractivity contribution < 1.29 is 8.42 Å². The minimum atomic E-state index is -2.59. The predicted octanol–water partition coefficient (Wildman–Crippen LogP) is 1.47. The number of thiol groups is 1. The Hall–Kier alpha value is -0.130. The van der Waals surface area contributed by atoms with Crippen LogP contribution in [0.1, 0.15) is 0 Å². The second-order valence-electron chi connectivity index (χ2n) is 1.72. The first kappa shape index (κ1) is 8.96. The Bertz CT molecular complexity index is 344. The second-order valence-corrected chi connectivity index (χ2v) is 3.91. The fourth-order valence-corrected chi connectivity index (χ4v) is 1.36. The van der Waals surface area contributed by atoms with E-state index in [2.05, 4.69) is 20.9 Å². The second kappa shape index (κ2) is 3.51. The van der Waals surface area contributed by atoms with Crippen molar-refractivity contribution in [1.82, 2.24) is 4.98 Å². The van der Waals surface area contributed by atoms with Gasteiger partial charge in [-0.05, 0) is 22.0 Å². The lowest BCUT2D eigenvalue weighted by molar-refractivity contribution is 0.614. The third-order valence-corrected chi connectivity index (χ3v) is 2.81. The number of pyridine rings is 1. The van der Waals surface area contributed by atoms with Gasteiger partial charge in [-0.2, -0.15) is 0 Å². The molecule has 60 valence electrons. The summed E-state index contributed by atoms with van der Waals surface area (Å²) < 4.78 is 21.2. The molecular formula is C5H3BrClNO2S. The number of hydrogen-bond donors (Lipinski definition) is 1. The number of rotatable bonds is 1. The summed E-state index contributed by atoms with van der Waals surface area (Å²) in [6.45, 7) is 0. The van der Waals surface area contributed by atoms with Gasteiger partial charge in [0.15, 0.2) is 10.7 Å². The lowest BCUT2D eigenvalue weighted by Crippen LogP contribution is -1.83. The van der Waals surface area contributed by atoms with Crippen LogP contribution in [0.25, 0.3) is 0 Å². The first-order valence-corrected chi connectivity index (χ1v) is 4.91. The molecule has 11 heavy (non-hydrogen) atoms. The van der Waals surface area contributed by atoms with E-state index in [4.69, 9.17) is 11.6 Å². The van der Waals surface area contributed by atoms with E-state index in [0.29, 0.717) is 9.63 Å². The van der Waals surface area contributed by atoms with E-state index < -0.39 is 10.7 Å². The van der Waals surface area contributed by atoms with Crippen LogP contribution in [0.2, 0.25) is 5.02 Å². The van der Waals surface area contributed by atoms with Crippen molar-refractivity contribution >= 4 is 38.2 Å². The topological polar surface area (TPSA) is 47.0 Å². The maximum atomic E-state index is 10.4. The highest BCUT2D eigenvalue weighted by Gasteiger charge is 2.00. The standard InChI is InChI=1S/C5H3BrClNO2S/c6-5-4(7)1-3(2-8-5)11(9)10/h1-2,11H. The summed E-state index contributed by atoms with van der Waals surface area (Å²) in [5.41, 5.74) is 0. The molecule has 6 heteroatoms. The summed E-state index contributed by atoms with van der Waals surface area (Å²) >= 11 is 8.62. The van der Waals surface area contributed by atoms with Crippen LogP contribution < -0.4 is 0 Å². The Labute approximate surface area is 78.5 Å². The molecule has 0 N–H and O–H groups in total. The molecule has 0 aliphatic heterocycles. The first-order valence-electron chi connectivity index (χ1n) is 2.56. The summed E-state index contributed by atoms with van der Waals surface area (Å²) in [4.78, 5) is 3.82. The fourth-order valence-electron chi connectivity index (χ4n) is 0.511. The molecule has 0 unspecified atom stereocenters. The Morgan fingerprint density at radius 3 is 2.64 bits per heavy atom. The molecule has 0 saturated heterocycles. The van der Waals surface area contributed by atoms with Crippen LogP contribution in [0.5, 0.6) is 0 Å². The zero-order chi connectivity index (χ0) is 8.43. The zero-order valence-corrected chi connectivity index (χ0v) is 8.36. The van der Waals surface area contributed by atoms with Crippen LogP contribution in [0, 0.1) is 0 Å². The number of nitrogens with zero attached hydrogens (tertiary/aromatic N) is 1. The van der Waals surface area contributed by atoms with E-state index >= 15 is 0 Å². The molecule has 0 atom stereocenters. The highest BCUT2D eigenvalue weighted by atomic mass is 79.9. The summed E-state index contributed by atoms with van der Waals surface area (Å²) in [6.07, 6.45) is 1.24. The zero-order valence-electron chi connectivity index (χ0n) is 5.12. The van der Waals surface area contributed by atoms with Crippen LogP contribution in [0.15, 0.2) is 21.8 Å². The van der Waals surface area contributed by atoms with Gasteiger partial charge in [-0.1, -0.05) is 11.6 Å². The minimum absolute atomic E-state index is 0.119. The maximum absolute atomic E-state index is 10.4. The smallest absolute Gasteiger partial charge is 0.169 e. The highest BCUT2D eigenvalue weighted by Crippen LogP contribution is 2.20. The quantitative estimate of drug-likeness (QED) is 0.611. The minimum Gasteiger partial charge on any atom is -0.246 e. The van der Waals surface area contributed by atoms with Gasteiger partial charge in [0, 0.05) is 6.20 Å². The van der Waals surface area contributed by atoms with Gasteiger partial charge in [0.25, 0.3) is 0 Å². The Kier molecular flexibility index (Phi) is 2.86. The van der Waals surface area contributed by atoms with Gasteiger partial charge >= 0.3 is 0 Å². The SMILES string of the molecule is O=[SH](=O)c1cnc(Br)c(Cl)c1. The average molecular weight is 257 g/mol. The summed E-state index contributed by atoms with van der Waals surface area (Å²) in [6, 6.07) is 1.34. The van der Waals surface area contributed by atoms with E-state index in [-0.39, 0.29) is 4.90 Å². The van der Waals surface area contributed by atoms with Crippen LogP contribution in [0.3, 0.4) is 0 Å². The van der Waals surface area contributed by atoms with Gasteiger partial charge in [-0.25, -0.2) is 13.4 Å². The third kappa shape index (κ3) is 2.15. The van der Waals surface area contributed by atoms with Gasteiger partial charge in [-0.3, -0.25) is 0 Å². The predicted molar refractivity (Wildman–Crippen MR) is 45.5 cm³/mol. The summed E-state index contributed by atoms with van der Waals surface area (Å²) in [5.74, 6) is 0. The highest BCUT2D eigenvalue weighted by molar-refractivity contribution is 9.10. The van der Waals surface area contributed by atoms with Crippen molar-refractivity contribution in [2.75, 3.05) is 0 Å². The third-order valence-electron chi connectivity index (χ3n) is 0.993. The van der Waals surface area contributed by atoms with Crippen molar-refractivity contribution in [3.05, 3.63) is 21.9 Å². The molecule has 0 saturated carbocycles. The molecule has 0 radical (unpaired) electrons. The van der Waals surface area contributed by atoms with E-state index in [1.807, 2.05) is 0 Å². The molecular weight excluding hydrogens is 253 g/mol. The Morgan fingerprint density at radius 2 is 2.18 bits per heavy atom. The van der Waals surface area contributed by atoms with Gasteiger partial charge in [0.2, 0.25) is 0 Å². The number of hydrogen-bond acceptors (Lipinski definition) is 3. The Morgan fingerprint density at radius 1 is 1.55 bits per heavy atom. The monoisotopic (exact) mass is 255 g/mol. The van der Waals surface area contributed by atoms with Gasteiger partial charge in [-0.15, -0.1) is 0 Å². The molecule has 0 spiro atoms. The molecule has 1 rings (SSSR count). The normalized spacial score (nSPS) is 10.5. The van der Waals surface area contributed by atoms with Crippen LogP contribution in [0.4, 0.5) is 0 Å². The molecule has 1 aromatic heterocycles. The van der Waals surface area contributed by atoms with Crippen molar-refractivity contribution in [3.8, 4) is 0 Å². The number of halogens is 2. The molecule has 0 amide bonds. The first-order chi connectivity index (χ1) is 5.11. The maximum Gasteiger partial charge on any atom is 0.169 e. The molecule has 0 aliphatic rings.